The van der Waals surface area contributed by atoms with E-state index in [2.05, 4.69) is 0 Å². The van der Waals surface area contributed by atoms with E-state index in [1.54, 1.807) is 13.0 Å². The fourth-order valence-electron chi connectivity index (χ4n) is 3.29. The number of alkyl halides is 1. The van der Waals surface area contributed by atoms with E-state index in [0.717, 1.165) is 21.1 Å². The van der Waals surface area contributed by atoms with Gasteiger partial charge in [0.15, 0.2) is 0 Å². The largest absolute Gasteiger partial charge is 0.479 e. The fourth-order valence-corrected chi connectivity index (χ4v) is 6.35. The van der Waals surface area contributed by atoms with Crippen molar-refractivity contribution in [2.24, 2.45) is 0 Å². The third-order valence-electron chi connectivity index (χ3n) is 4.68. The molecule has 2 atom stereocenters. The molecule has 1 N–H and O–H groups in total. The van der Waals surface area contributed by atoms with Gasteiger partial charge >= 0.3 is 5.97 Å². The summed E-state index contributed by atoms with van der Waals surface area (Å²) in [5, 5.41) is 8.95. The Hall–Kier alpha value is -1.52. The monoisotopic (exact) mass is 390 g/mol. The average molecular weight is 390 g/mol. The minimum Gasteiger partial charge on any atom is -0.479 e. The molecule has 0 aliphatic carbocycles. The summed E-state index contributed by atoms with van der Waals surface area (Å²) in [6, 6.07) is 2.32. The van der Waals surface area contributed by atoms with Crippen LogP contribution in [0.2, 0.25) is 0 Å². The first-order valence-electron chi connectivity index (χ1n) is 7.94. The summed E-state index contributed by atoms with van der Waals surface area (Å²) in [4.78, 5) is 25.7. The van der Waals surface area contributed by atoms with E-state index in [4.69, 9.17) is 5.11 Å². The van der Waals surface area contributed by atoms with Crippen LogP contribution in [0.1, 0.15) is 24.1 Å². The molecule has 2 unspecified atom stereocenters. The number of sulfonamides is 1. The molecule has 2 aliphatic rings. The highest BCUT2D eigenvalue weighted by Gasteiger charge is 2.50. The Morgan fingerprint density at radius 3 is 2.64 bits per heavy atom. The Bertz CT molecular complexity index is 809. The van der Waals surface area contributed by atoms with E-state index in [9.17, 15) is 22.4 Å². The summed E-state index contributed by atoms with van der Waals surface area (Å²) in [7, 11) is -3.79. The number of aryl methyl sites for hydroxylation is 1. The summed E-state index contributed by atoms with van der Waals surface area (Å²) < 4.78 is 41.2. The van der Waals surface area contributed by atoms with Crippen LogP contribution >= 0.6 is 11.3 Å². The highest BCUT2D eigenvalue weighted by atomic mass is 32.2. The summed E-state index contributed by atoms with van der Waals surface area (Å²) >= 11 is 1.14. The number of nitrogens with zero attached hydrogens (tertiary/aromatic N) is 2. The van der Waals surface area contributed by atoms with E-state index in [1.165, 1.54) is 10.4 Å². The maximum Gasteiger partial charge on any atom is 0.343 e. The molecule has 2 fully saturated rings. The molecule has 0 radical (unpaired) electrons. The smallest absolute Gasteiger partial charge is 0.343 e. The van der Waals surface area contributed by atoms with Crippen molar-refractivity contribution in [3.8, 4) is 0 Å². The molecule has 3 heterocycles. The highest BCUT2D eigenvalue weighted by molar-refractivity contribution is 7.91. The van der Waals surface area contributed by atoms with Crippen molar-refractivity contribution >= 4 is 33.2 Å². The molecule has 1 aromatic rings. The molecule has 138 valence electrons. The van der Waals surface area contributed by atoms with Gasteiger partial charge in [-0.05, 0) is 31.9 Å². The second-order valence-electron chi connectivity index (χ2n) is 6.42. The number of likely N-dealkylation sites (tertiary alicyclic amines) is 1. The number of thiophene rings is 1. The molecular formula is C15H19FN2O5S2. The van der Waals surface area contributed by atoms with Crippen LogP contribution in [-0.2, 0) is 19.6 Å². The van der Waals surface area contributed by atoms with Crippen molar-refractivity contribution in [3.05, 3.63) is 17.0 Å². The van der Waals surface area contributed by atoms with Gasteiger partial charge in [0, 0.05) is 24.4 Å². The predicted molar refractivity (Wildman–Crippen MR) is 88.6 cm³/mol. The lowest BCUT2D eigenvalue weighted by Crippen LogP contribution is -2.48. The third-order valence-corrected chi connectivity index (χ3v) is 8.06. The number of carboxylic acids is 1. The lowest BCUT2D eigenvalue weighted by Gasteiger charge is -2.27. The number of hydrogen-bond acceptors (Lipinski definition) is 5. The Kier molecular flexibility index (Phi) is 4.63. The zero-order valence-corrected chi connectivity index (χ0v) is 15.3. The number of halogens is 1. The van der Waals surface area contributed by atoms with Crippen LogP contribution in [0.25, 0.3) is 0 Å². The Labute approximate surface area is 149 Å². The van der Waals surface area contributed by atoms with E-state index in [-0.39, 0.29) is 23.7 Å². The second kappa shape index (κ2) is 6.33. The van der Waals surface area contributed by atoms with Gasteiger partial charge in [0.25, 0.3) is 10.0 Å². The van der Waals surface area contributed by atoms with E-state index >= 15 is 0 Å². The predicted octanol–water partition coefficient (Wildman–Crippen LogP) is 1.23. The van der Waals surface area contributed by atoms with Crippen molar-refractivity contribution in [2.45, 2.75) is 42.1 Å². The molecule has 0 aromatic carbocycles. The van der Waals surface area contributed by atoms with E-state index in [0.29, 0.717) is 12.8 Å². The van der Waals surface area contributed by atoms with E-state index < -0.39 is 40.2 Å². The van der Waals surface area contributed by atoms with Gasteiger partial charge in [-0.1, -0.05) is 0 Å². The number of carboxylic acid groups (broad SMARTS) is 1. The summed E-state index contributed by atoms with van der Waals surface area (Å²) in [5.41, 5.74) is -2.46. The van der Waals surface area contributed by atoms with Crippen molar-refractivity contribution in [3.63, 3.8) is 0 Å². The number of amides is 1. The SMILES string of the molecule is Cc1ccc(S(=O)(=O)N2CCCC2C(=O)N2CCC(F)(C(=O)O)C2)s1. The molecule has 0 bridgehead atoms. The molecule has 3 rings (SSSR count). The second-order valence-corrected chi connectivity index (χ2v) is 9.82. The molecular weight excluding hydrogens is 371 g/mol. The minimum atomic E-state index is -3.79. The topological polar surface area (TPSA) is 95.0 Å². The summed E-state index contributed by atoms with van der Waals surface area (Å²) in [6.45, 7) is 1.46. The third kappa shape index (κ3) is 3.18. The first kappa shape index (κ1) is 18.3. The van der Waals surface area contributed by atoms with Crippen LogP contribution in [0.15, 0.2) is 16.3 Å². The fraction of sp³-hybridized carbons (Fsp3) is 0.600. The Balaban J connectivity index is 1.80. The quantitative estimate of drug-likeness (QED) is 0.835. The first-order valence-corrected chi connectivity index (χ1v) is 10.2. The molecule has 2 aliphatic heterocycles. The van der Waals surface area contributed by atoms with Crippen LogP contribution in [0.5, 0.6) is 0 Å². The number of aliphatic carboxylic acids is 1. The van der Waals surface area contributed by atoms with E-state index in [1.807, 2.05) is 0 Å². The molecule has 7 nitrogen and oxygen atoms in total. The van der Waals surface area contributed by atoms with Gasteiger partial charge in [-0.3, -0.25) is 4.79 Å². The van der Waals surface area contributed by atoms with Gasteiger partial charge in [-0.25, -0.2) is 17.6 Å². The van der Waals surface area contributed by atoms with Crippen molar-refractivity contribution in [1.29, 1.82) is 0 Å². The lowest BCUT2D eigenvalue weighted by atomic mass is 10.1. The molecule has 2 saturated heterocycles. The van der Waals surface area contributed by atoms with Gasteiger partial charge < -0.3 is 10.0 Å². The van der Waals surface area contributed by atoms with Gasteiger partial charge in [-0.2, -0.15) is 4.31 Å². The van der Waals surface area contributed by atoms with Gasteiger partial charge in [0.2, 0.25) is 11.6 Å². The molecule has 10 heteroatoms. The molecule has 1 amide bonds. The zero-order valence-electron chi connectivity index (χ0n) is 13.6. The Morgan fingerprint density at radius 1 is 1.36 bits per heavy atom. The van der Waals surface area contributed by atoms with Crippen LogP contribution in [0.4, 0.5) is 4.39 Å². The Morgan fingerprint density at radius 2 is 2.08 bits per heavy atom. The van der Waals surface area contributed by atoms with Gasteiger partial charge in [0.1, 0.15) is 10.3 Å². The van der Waals surface area contributed by atoms with Crippen molar-refractivity contribution in [1.82, 2.24) is 9.21 Å². The average Bonchev–Trinajstić information content (AvgIpc) is 3.25. The first-order chi connectivity index (χ1) is 11.6. The maximum absolute atomic E-state index is 14.2. The number of hydrogen-bond donors (Lipinski definition) is 1. The number of carbonyl (C=O) groups is 2. The normalized spacial score (nSPS) is 27.8. The maximum atomic E-state index is 14.2. The number of rotatable bonds is 4. The molecule has 1 aromatic heterocycles. The molecule has 0 spiro atoms. The highest BCUT2D eigenvalue weighted by Crippen LogP contribution is 2.33. The van der Waals surface area contributed by atoms with Crippen LogP contribution in [0, 0.1) is 6.92 Å². The lowest BCUT2D eigenvalue weighted by molar-refractivity contribution is -0.150. The van der Waals surface area contributed by atoms with Gasteiger partial charge in [0.05, 0.1) is 6.54 Å². The van der Waals surface area contributed by atoms with Crippen LogP contribution in [-0.4, -0.2) is 66.0 Å². The summed E-state index contributed by atoms with van der Waals surface area (Å²) in [5.74, 6) is -2.11. The van der Waals surface area contributed by atoms with Crippen LogP contribution < -0.4 is 0 Å². The molecule has 25 heavy (non-hydrogen) atoms. The molecule has 0 saturated carbocycles. The zero-order chi connectivity index (χ0) is 18.4. The number of carbonyl (C=O) groups excluding carboxylic acids is 1. The van der Waals surface area contributed by atoms with Crippen LogP contribution in [0.3, 0.4) is 0 Å². The van der Waals surface area contributed by atoms with Crippen molar-refractivity contribution in [2.75, 3.05) is 19.6 Å². The minimum absolute atomic E-state index is 0.0237. The van der Waals surface area contributed by atoms with Gasteiger partial charge in [-0.15, -0.1) is 11.3 Å². The van der Waals surface area contributed by atoms with Crippen molar-refractivity contribution < 1.29 is 27.5 Å². The standard InChI is InChI=1S/C15H19FN2O5S2/c1-10-4-5-12(24-10)25(22,23)18-7-2-3-11(18)13(19)17-8-6-15(16,9-17)14(20)21/h4-5,11H,2-3,6-9H2,1H3,(H,20,21). The summed E-state index contributed by atoms with van der Waals surface area (Å²) in [6.07, 6.45) is 0.608.